The first-order valence-electron chi connectivity index (χ1n) is 12.3. The highest BCUT2D eigenvalue weighted by Gasteiger charge is 2.60. The number of nitriles is 1. The van der Waals surface area contributed by atoms with Crippen molar-refractivity contribution >= 4 is 35.0 Å². The van der Waals surface area contributed by atoms with Crippen molar-refractivity contribution in [1.29, 1.82) is 5.26 Å². The highest BCUT2D eigenvalue weighted by atomic mass is 35.5. The van der Waals surface area contributed by atoms with Gasteiger partial charge in [0, 0.05) is 35.6 Å². The van der Waals surface area contributed by atoms with Gasteiger partial charge in [0.25, 0.3) is 5.92 Å². The molecule has 6 atom stereocenters. The van der Waals surface area contributed by atoms with Gasteiger partial charge in [-0.05, 0) is 57.2 Å². The number of hydrogen-bond acceptors (Lipinski definition) is 5. The Morgan fingerprint density at radius 3 is 2.78 bits per heavy atom. The van der Waals surface area contributed by atoms with E-state index in [1.165, 1.54) is 4.90 Å². The molecule has 3 N–H and O–H groups in total. The summed E-state index contributed by atoms with van der Waals surface area (Å²) in [5.41, 5.74) is 0.590. The molecule has 4 aliphatic rings. The molecule has 36 heavy (non-hydrogen) atoms. The number of piperidine rings is 3. The lowest BCUT2D eigenvalue weighted by Crippen LogP contribution is -2.70. The van der Waals surface area contributed by atoms with Gasteiger partial charge in [-0.15, -0.1) is 0 Å². The fourth-order valence-corrected chi connectivity index (χ4v) is 5.87. The van der Waals surface area contributed by atoms with Crippen LogP contribution in [0.3, 0.4) is 0 Å². The lowest BCUT2D eigenvalue weighted by molar-refractivity contribution is -0.194. The summed E-state index contributed by atoms with van der Waals surface area (Å²) in [6, 6.07) is 4.74. The topological polar surface area (TPSA) is 114 Å². The van der Waals surface area contributed by atoms with Gasteiger partial charge < -0.3 is 20.9 Å². The SMILES string of the molecule is C[C@@H](Nc1cccc(Cl)c1)C(=O)N1[C@H]2CC[C@@H]([C@H]1C(=O)N[C@@H](C#N)C[C@H]1CCCNC1=O)C(F)(F)C2. The van der Waals surface area contributed by atoms with Gasteiger partial charge in [0.2, 0.25) is 17.7 Å². The molecule has 3 saturated heterocycles. The molecule has 1 saturated carbocycles. The smallest absolute Gasteiger partial charge is 0.255 e. The van der Waals surface area contributed by atoms with Gasteiger partial charge in [0.05, 0.1) is 12.0 Å². The Morgan fingerprint density at radius 2 is 2.11 bits per heavy atom. The van der Waals surface area contributed by atoms with Crippen LogP contribution in [0.5, 0.6) is 0 Å². The Balaban J connectivity index is 1.52. The molecular formula is C25H30ClF2N5O3. The number of rotatable bonds is 7. The van der Waals surface area contributed by atoms with E-state index in [1.54, 1.807) is 31.2 Å². The molecule has 0 aromatic heterocycles. The molecule has 5 rings (SSSR count). The molecule has 0 radical (unpaired) electrons. The van der Waals surface area contributed by atoms with Crippen molar-refractivity contribution in [3.05, 3.63) is 29.3 Å². The zero-order valence-corrected chi connectivity index (χ0v) is 20.7. The van der Waals surface area contributed by atoms with Crippen LogP contribution in [-0.2, 0) is 14.4 Å². The third-order valence-corrected chi connectivity index (χ3v) is 7.66. The number of amides is 3. The molecule has 3 amide bonds. The van der Waals surface area contributed by atoms with E-state index >= 15 is 0 Å². The number of halogens is 3. The van der Waals surface area contributed by atoms with Crippen LogP contribution in [0.25, 0.3) is 0 Å². The molecule has 3 aliphatic heterocycles. The summed E-state index contributed by atoms with van der Waals surface area (Å²) in [6.45, 7) is 2.18. The van der Waals surface area contributed by atoms with Gasteiger partial charge >= 0.3 is 0 Å². The summed E-state index contributed by atoms with van der Waals surface area (Å²) in [5.74, 6) is -6.32. The summed E-state index contributed by atoms with van der Waals surface area (Å²) in [6.07, 6.45) is 1.43. The van der Waals surface area contributed by atoms with Crippen LogP contribution in [-0.4, -0.2) is 59.3 Å². The number of carbonyl (C=O) groups is 3. The van der Waals surface area contributed by atoms with E-state index in [9.17, 15) is 28.4 Å². The van der Waals surface area contributed by atoms with Crippen LogP contribution < -0.4 is 16.0 Å². The monoisotopic (exact) mass is 521 g/mol. The quantitative estimate of drug-likeness (QED) is 0.510. The molecule has 1 aromatic rings. The Hall–Kier alpha value is -2.93. The molecule has 2 bridgehead atoms. The normalized spacial score (nSPS) is 28.4. The van der Waals surface area contributed by atoms with Crippen LogP contribution in [0.15, 0.2) is 24.3 Å². The Kier molecular flexibility index (Phi) is 7.69. The number of benzene rings is 1. The molecule has 0 spiro atoms. The predicted molar refractivity (Wildman–Crippen MR) is 129 cm³/mol. The van der Waals surface area contributed by atoms with Crippen LogP contribution in [0.1, 0.15) is 45.4 Å². The minimum Gasteiger partial charge on any atom is -0.374 e. The maximum Gasteiger partial charge on any atom is 0.255 e. The maximum atomic E-state index is 14.9. The first-order valence-corrected chi connectivity index (χ1v) is 12.7. The van der Waals surface area contributed by atoms with Gasteiger partial charge in [0.15, 0.2) is 0 Å². The van der Waals surface area contributed by atoms with Gasteiger partial charge in [-0.25, -0.2) is 8.78 Å². The van der Waals surface area contributed by atoms with E-state index in [2.05, 4.69) is 16.0 Å². The zero-order chi connectivity index (χ0) is 26.0. The minimum atomic E-state index is -3.10. The average Bonchev–Trinajstić information content (AvgIpc) is 2.83. The Bertz CT molecular complexity index is 1060. The first-order chi connectivity index (χ1) is 17.1. The van der Waals surface area contributed by atoms with Gasteiger partial charge in [-0.2, -0.15) is 5.26 Å². The molecular weight excluding hydrogens is 492 g/mol. The lowest BCUT2D eigenvalue weighted by atomic mass is 9.71. The summed E-state index contributed by atoms with van der Waals surface area (Å²) in [5, 5.41) is 18.4. The van der Waals surface area contributed by atoms with E-state index in [-0.39, 0.29) is 18.7 Å². The van der Waals surface area contributed by atoms with Crippen LogP contribution in [0.4, 0.5) is 14.5 Å². The van der Waals surface area contributed by atoms with Crippen molar-refractivity contribution in [2.75, 3.05) is 11.9 Å². The summed E-state index contributed by atoms with van der Waals surface area (Å²) >= 11 is 6.02. The largest absolute Gasteiger partial charge is 0.374 e. The Morgan fingerprint density at radius 1 is 1.33 bits per heavy atom. The second kappa shape index (κ2) is 10.6. The van der Waals surface area contributed by atoms with Crippen molar-refractivity contribution in [1.82, 2.24) is 15.5 Å². The number of anilines is 1. The molecule has 1 aromatic carbocycles. The highest BCUT2D eigenvalue weighted by molar-refractivity contribution is 6.30. The summed E-state index contributed by atoms with van der Waals surface area (Å²) < 4.78 is 29.8. The number of alkyl halides is 2. The number of nitrogens with one attached hydrogen (secondary N) is 3. The van der Waals surface area contributed by atoms with Crippen molar-refractivity contribution in [2.45, 2.75) is 75.5 Å². The fourth-order valence-electron chi connectivity index (χ4n) is 5.68. The molecule has 0 unspecified atom stereocenters. The maximum absolute atomic E-state index is 14.9. The first kappa shape index (κ1) is 26.1. The zero-order valence-electron chi connectivity index (χ0n) is 20.0. The minimum absolute atomic E-state index is 0.0892. The standard InChI is InChI=1S/C25H30ClF2N5O3/c1-14(31-17-6-2-5-16(26)11-17)24(36)33-19-7-8-20(25(27,28)12-19)21(33)23(35)32-18(13-29)10-15-4-3-9-30-22(15)34/h2,5-6,11,14-15,18-21,31H,3-4,7-10,12H2,1H3,(H,30,34)(H,32,35)/t14-,15-,18-,19+,20+,21+/m1/s1. The molecule has 1 aliphatic carbocycles. The second-order valence-corrected chi connectivity index (χ2v) is 10.4. The Labute approximate surface area is 213 Å². The number of carbonyl (C=O) groups excluding carboxylic acids is 3. The number of fused-ring (bicyclic) bond motifs is 3. The van der Waals surface area contributed by atoms with E-state index in [0.717, 1.165) is 6.42 Å². The lowest BCUT2D eigenvalue weighted by Gasteiger charge is -2.54. The molecule has 8 nitrogen and oxygen atoms in total. The number of nitrogens with zero attached hydrogens (tertiary/aromatic N) is 2. The fraction of sp³-hybridized carbons (Fsp3) is 0.600. The van der Waals surface area contributed by atoms with E-state index in [0.29, 0.717) is 30.1 Å². The number of hydrogen-bond donors (Lipinski definition) is 3. The molecule has 3 heterocycles. The average molecular weight is 522 g/mol. The summed E-state index contributed by atoms with van der Waals surface area (Å²) in [4.78, 5) is 40.3. The predicted octanol–water partition coefficient (Wildman–Crippen LogP) is 3.08. The second-order valence-electron chi connectivity index (χ2n) is 9.93. The van der Waals surface area contributed by atoms with E-state index in [4.69, 9.17) is 11.6 Å². The third-order valence-electron chi connectivity index (χ3n) is 7.43. The van der Waals surface area contributed by atoms with Crippen LogP contribution in [0.2, 0.25) is 5.02 Å². The van der Waals surface area contributed by atoms with Crippen molar-refractivity contribution in [3.8, 4) is 6.07 Å². The van der Waals surface area contributed by atoms with Crippen LogP contribution >= 0.6 is 11.6 Å². The van der Waals surface area contributed by atoms with Crippen LogP contribution in [0, 0.1) is 23.2 Å². The molecule has 194 valence electrons. The molecule has 4 fully saturated rings. The van der Waals surface area contributed by atoms with Crippen molar-refractivity contribution in [2.24, 2.45) is 11.8 Å². The van der Waals surface area contributed by atoms with E-state index < -0.39 is 60.2 Å². The van der Waals surface area contributed by atoms with Crippen molar-refractivity contribution < 1.29 is 23.2 Å². The highest BCUT2D eigenvalue weighted by Crippen LogP contribution is 2.49. The van der Waals surface area contributed by atoms with Crippen molar-refractivity contribution in [3.63, 3.8) is 0 Å². The molecule has 11 heteroatoms. The third kappa shape index (κ3) is 5.41. The van der Waals surface area contributed by atoms with Gasteiger partial charge in [-0.1, -0.05) is 17.7 Å². The summed E-state index contributed by atoms with van der Waals surface area (Å²) in [7, 11) is 0. The van der Waals surface area contributed by atoms with E-state index in [1.807, 2.05) is 6.07 Å². The van der Waals surface area contributed by atoms with Gasteiger partial charge in [0.1, 0.15) is 18.1 Å². The van der Waals surface area contributed by atoms with Gasteiger partial charge in [-0.3, -0.25) is 14.4 Å².